The highest BCUT2D eigenvalue weighted by Gasteiger charge is 2.27. The van der Waals surface area contributed by atoms with Gasteiger partial charge in [-0.3, -0.25) is 4.79 Å². The Morgan fingerprint density at radius 2 is 1.79 bits per heavy atom. The third-order valence-electron chi connectivity index (χ3n) is 3.94. The highest BCUT2D eigenvalue weighted by Crippen LogP contribution is 2.27. The Labute approximate surface area is 139 Å². The van der Waals surface area contributed by atoms with Gasteiger partial charge in [-0.1, -0.05) is 53.7 Å². The number of aromatic nitrogens is 1. The fourth-order valence-corrected chi connectivity index (χ4v) is 2.68. The molecule has 1 amide bonds. The third kappa shape index (κ3) is 2.84. The maximum Gasteiger partial charge on any atom is 0.274 e. The molecule has 0 spiro atoms. The monoisotopic (exact) mass is 317 g/mol. The fraction of sp³-hybridized carbons (Fsp3) is 0.105. The number of amides is 1. The number of carbonyl (C=O) groups excluding carboxylic acids is 1. The zero-order valence-corrected chi connectivity index (χ0v) is 12.8. The average molecular weight is 317 g/mol. The van der Waals surface area contributed by atoms with E-state index in [1.165, 1.54) is 0 Å². The topological polar surface area (TPSA) is 63.6 Å². The number of fused-ring (bicyclic) bond motifs is 1. The maximum atomic E-state index is 12.4. The summed E-state index contributed by atoms with van der Waals surface area (Å²) in [5, 5.41) is 7.74. The van der Waals surface area contributed by atoms with Gasteiger partial charge in [0.2, 0.25) is 0 Å². The first-order valence-electron chi connectivity index (χ1n) is 7.74. The lowest BCUT2D eigenvalue weighted by atomic mass is 10.0. The molecule has 0 saturated heterocycles. The van der Waals surface area contributed by atoms with Crippen LogP contribution < -0.4 is 5.32 Å². The second kappa shape index (κ2) is 6.12. The lowest BCUT2D eigenvalue weighted by Gasteiger charge is -2.07. The van der Waals surface area contributed by atoms with Gasteiger partial charge in [-0.15, -0.1) is 0 Å². The molecule has 1 unspecified atom stereocenters. The van der Waals surface area contributed by atoms with Crippen LogP contribution in [0, 0.1) is 0 Å². The molecule has 0 bridgehead atoms. The summed E-state index contributed by atoms with van der Waals surface area (Å²) in [7, 11) is 0. The second-order valence-corrected chi connectivity index (χ2v) is 5.59. The molecule has 1 aliphatic heterocycles. The minimum Gasteiger partial charge on any atom is -0.387 e. The lowest BCUT2D eigenvalue weighted by molar-refractivity contribution is -0.110. The van der Waals surface area contributed by atoms with Crippen LogP contribution in [0.5, 0.6) is 0 Å². The summed E-state index contributed by atoms with van der Waals surface area (Å²) in [4.78, 5) is 22.2. The van der Waals surface area contributed by atoms with Crippen LogP contribution in [0.4, 0.5) is 5.82 Å². The number of anilines is 1. The fourth-order valence-electron chi connectivity index (χ4n) is 2.68. The number of benzene rings is 2. The first-order chi connectivity index (χ1) is 11.8. The van der Waals surface area contributed by atoms with E-state index in [9.17, 15) is 4.79 Å². The minimum atomic E-state index is -0.281. The van der Waals surface area contributed by atoms with E-state index in [1.54, 1.807) is 6.07 Å². The molecule has 1 aliphatic rings. The van der Waals surface area contributed by atoms with Crippen molar-refractivity contribution in [1.82, 2.24) is 4.98 Å². The van der Waals surface area contributed by atoms with Gasteiger partial charge in [0.15, 0.2) is 6.10 Å². The number of oxime groups is 1. The van der Waals surface area contributed by atoms with E-state index in [2.05, 4.69) is 15.5 Å². The first kappa shape index (κ1) is 14.4. The zero-order valence-electron chi connectivity index (χ0n) is 12.8. The third-order valence-corrected chi connectivity index (χ3v) is 3.94. The molecule has 2 aromatic carbocycles. The Balaban J connectivity index is 1.46. The quantitative estimate of drug-likeness (QED) is 0.801. The van der Waals surface area contributed by atoms with Crippen LogP contribution in [0.25, 0.3) is 10.9 Å². The Morgan fingerprint density at radius 3 is 2.67 bits per heavy atom. The van der Waals surface area contributed by atoms with Crippen LogP contribution in [0.2, 0.25) is 0 Å². The van der Waals surface area contributed by atoms with Crippen LogP contribution in [-0.4, -0.2) is 16.6 Å². The van der Waals surface area contributed by atoms with Gasteiger partial charge in [-0.25, -0.2) is 4.98 Å². The molecule has 0 radical (unpaired) electrons. The van der Waals surface area contributed by atoms with Gasteiger partial charge in [0.25, 0.3) is 5.91 Å². The van der Waals surface area contributed by atoms with Gasteiger partial charge < -0.3 is 10.2 Å². The summed E-state index contributed by atoms with van der Waals surface area (Å²) in [5.74, 6) is 0.223. The number of nitrogens with zero attached hydrogens (tertiary/aromatic N) is 2. The molecular weight excluding hydrogens is 302 g/mol. The number of pyridine rings is 1. The van der Waals surface area contributed by atoms with Crippen molar-refractivity contribution in [2.75, 3.05) is 5.32 Å². The SMILES string of the molecule is O=C(Nc1ccc2ccccc2n1)C1=NOC(c2ccccc2)C1. The number of nitrogens with one attached hydrogen (secondary N) is 1. The summed E-state index contributed by atoms with van der Waals surface area (Å²) >= 11 is 0. The van der Waals surface area contributed by atoms with Gasteiger partial charge >= 0.3 is 0 Å². The van der Waals surface area contributed by atoms with Crippen LogP contribution in [0.1, 0.15) is 18.1 Å². The standard InChI is InChI=1S/C19H15N3O2/c23-19(16-12-17(24-22-16)14-7-2-1-3-8-14)21-18-11-10-13-6-4-5-9-15(13)20-18/h1-11,17H,12H2,(H,20,21,23). The molecule has 0 saturated carbocycles. The predicted molar refractivity (Wildman–Crippen MR) is 92.7 cm³/mol. The largest absolute Gasteiger partial charge is 0.387 e. The summed E-state index contributed by atoms with van der Waals surface area (Å²) in [6, 6.07) is 21.2. The van der Waals surface area contributed by atoms with Gasteiger partial charge in [-0.05, 0) is 23.8 Å². The van der Waals surface area contributed by atoms with Gasteiger partial charge in [-0.2, -0.15) is 0 Å². The molecule has 24 heavy (non-hydrogen) atoms. The molecule has 5 nitrogen and oxygen atoms in total. The van der Waals surface area contributed by atoms with Crippen molar-refractivity contribution in [2.24, 2.45) is 5.16 Å². The predicted octanol–water partition coefficient (Wildman–Crippen LogP) is 3.69. The molecule has 1 N–H and O–H groups in total. The molecule has 1 aromatic heterocycles. The maximum absolute atomic E-state index is 12.4. The minimum absolute atomic E-state index is 0.212. The molecule has 3 aromatic rings. The summed E-state index contributed by atoms with van der Waals surface area (Å²) in [5.41, 5.74) is 2.22. The molecule has 1 atom stereocenters. The number of carbonyl (C=O) groups is 1. The average Bonchev–Trinajstić information content (AvgIpc) is 3.13. The second-order valence-electron chi connectivity index (χ2n) is 5.59. The van der Waals surface area contributed by atoms with Crippen LogP contribution in [0.3, 0.4) is 0 Å². The molecule has 2 heterocycles. The van der Waals surface area contributed by atoms with Crippen LogP contribution in [-0.2, 0) is 9.63 Å². The number of hydrogen-bond acceptors (Lipinski definition) is 4. The van der Waals surface area contributed by atoms with Crippen molar-refractivity contribution >= 4 is 28.3 Å². The number of rotatable bonds is 3. The van der Waals surface area contributed by atoms with E-state index in [0.717, 1.165) is 16.5 Å². The first-order valence-corrected chi connectivity index (χ1v) is 7.74. The normalized spacial score (nSPS) is 16.5. The van der Waals surface area contributed by atoms with Gasteiger partial charge in [0.05, 0.1) is 5.52 Å². The number of hydrogen-bond donors (Lipinski definition) is 1. The van der Waals surface area contributed by atoms with E-state index in [0.29, 0.717) is 18.0 Å². The van der Waals surface area contributed by atoms with Crippen molar-refractivity contribution in [2.45, 2.75) is 12.5 Å². The zero-order chi connectivity index (χ0) is 16.4. The highest BCUT2D eigenvalue weighted by atomic mass is 16.6. The molecule has 118 valence electrons. The molecular formula is C19H15N3O2. The van der Waals surface area contributed by atoms with E-state index in [1.807, 2.05) is 60.7 Å². The van der Waals surface area contributed by atoms with Crippen LogP contribution in [0.15, 0.2) is 71.9 Å². The van der Waals surface area contributed by atoms with Crippen molar-refractivity contribution in [1.29, 1.82) is 0 Å². The smallest absolute Gasteiger partial charge is 0.274 e. The Hall–Kier alpha value is -3.21. The lowest BCUT2D eigenvalue weighted by Crippen LogP contribution is -2.22. The molecule has 4 rings (SSSR count). The van der Waals surface area contributed by atoms with Gasteiger partial charge in [0.1, 0.15) is 11.5 Å². The van der Waals surface area contributed by atoms with E-state index in [4.69, 9.17) is 4.84 Å². The van der Waals surface area contributed by atoms with Crippen LogP contribution >= 0.6 is 0 Å². The molecule has 0 fully saturated rings. The molecule has 0 aliphatic carbocycles. The Morgan fingerprint density at radius 1 is 1.00 bits per heavy atom. The van der Waals surface area contributed by atoms with E-state index < -0.39 is 0 Å². The van der Waals surface area contributed by atoms with Crippen molar-refractivity contribution in [3.63, 3.8) is 0 Å². The van der Waals surface area contributed by atoms with Crippen molar-refractivity contribution in [3.05, 3.63) is 72.3 Å². The van der Waals surface area contributed by atoms with E-state index >= 15 is 0 Å². The highest BCUT2D eigenvalue weighted by molar-refractivity contribution is 6.43. The van der Waals surface area contributed by atoms with E-state index in [-0.39, 0.29) is 12.0 Å². The van der Waals surface area contributed by atoms with Crippen molar-refractivity contribution < 1.29 is 9.63 Å². The Bertz CT molecular complexity index is 922. The Kier molecular flexibility index (Phi) is 3.67. The van der Waals surface area contributed by atoms with Gasteiger partial charge in [0, 0.05) is 11.8 Å². The summed E-state index contributed by atoms with van der Waals surface area (Å²) in [6.45, 7) is 0. The molecule has 5 heteroatoms. The summed E-state index contributed by atoms with van der Waals surface area (Å²) in [6.07, 6.45) is 0.236. The van der Waals surface area contributed by atoms with Crippen molar-refractivity contribution in [3.8, 4) is 0 Å². The number of para-hydroxylation sites is 1. The summed E-state index contributed by atoms with van der Waals surface area (Å²) < 4.78 is 0.